The number of nitrogens with zero attached hydrogens (tertiary/aromatic N) is 2. The average Bonchev–Trinajstić information content (AvgIpc) is 2.52. The number of hydrogen-bond donors (Lipinski definition) is 4. The maximum absolute atomic E-state index is 10.7. The van der Waals surface area contributed by atoms with Crippen LogP contribution in [0, 0.1) is 0 Å². The third kappa shape index (κ3) is 2.61. The Morgan fingerprint density at radius 3 is 3.00 bits per heavy atom. The Labute approximate surface area is 80.8 Å². The molecule has 0 aliphatic heterocycles. The van der Waals surface area contributed by atoms with Crippen molar-refractivity contribution in [2.24, 2.45) is 10.7 Å². The number of rotatable bonds is 3. The van der Waals surface area contributed by atoms with E-state index in [0.717, 1.165) is 0 Å². The molecule has 1 atom stereocenters. The van der Waals surface area contributed by atoms with E-state index < -0.39 is 0 Å². The first-order valence-electron chi connectivity index (χ1n) is 4.34. The molecular weight excluding hydrogens is 184 g/mol. The van der Waals surface area contributed by atoms with E-state index in [1.807, 2.05) is 13.8 Å². The van der Waals surface area contributed by atoms with Gasteiger partial charge in [-0.15, -0.1) is 0 Å². The van der Waals surface area contributed by atoms with E-state index in [0.29, 0.717) is 18.3 Å². The monoisotopic (exact) mass is 198 g/mol. The zero-order valence-electron chi connectivity index (χ0n) is 8.16. The molecule has 0 saturated carbocycles. The van der Waals surface area contributed by atoms with Gasteiger partial charge in [-0.05, 0) is 13.8 Å². The van der Waals surface area contributed by atoms with Crippen molar-refractivity contribution < 1.29 is 0 Å². The molecule has 0 bridgehead atoms. The molecular formula is C7H14N6O. The summed E-state index contributed by atoms with van der Waals surface area (Å²) in [5, 5.41) is 8.92. The smallest absolute Gasteiger partial charge is 0.340 e. The Kier molecular flexibility index (Phi) is 3.27. The number of aromatic amines is 2. The van der Waals surface area contributed by atoms with Crippen molar-refractivity contribution >= 4 is 5.96 Å². The van der Waals surface area contributed by atoms with Gasteiger partial charge in [0.05, 0.1) is 6.04 Å². The van der Waals surface area contributed by atoms with Crippen molar-refractivity contribution in [3.8, 4) is 0 Å². The van der Waals surface area contributed by atoms with E-state index in [2.05, 4.69) is 25.5 Å². The molecule has 0 aliphatic carbocycles. The second-order valence-corrected chi connectivity index (χ2v) is 2.79. The standard InChI is InChI=1S/C7H14N6O/c1-3-9-6(8)10-4(2)5-11-7(14)13-12-5/h4H,3H2,1-2H3,(H3,8,9,10)(H2,11,12,13,14). The van der Waals surface area contributed by atoms with Gasteiger partial charge in [0, 0.05) is 6.54 Å². The first kappa shape index (κ1) is 10.3. The highest BCUT2D eigenvalue weighted by Gasteiger charge is 2.09. The van der Waals surface area contributed by atoms with E-state index in [-0.39, 0.29) is 11.7 Å². The summed E-state index contributed by atoms with van der Waals surface area (Å²) < 4.78 is 0. The second kappa shape index (κ2) is 4.45. The third-order valence-corrected chi connectivity index (χ3v) is 1.62. The second-order valence-electron chi connectivity index (χ2n) is 2.79. The molecule has 0 spiro atoms. The number of aromatic nitrogens is 3. The Morgan fingerprint density at radius 1 is 1.79 bits per heavy atom. The molecule has 0 aromatic carbocycles. The lowest BCUT2D eigenvalue weighted by molar-refractivity contribution is 0.660. The number of nitrogens with one attached hydrogen (secondary N) is 3. The summed E-state index contributed by atoms with van der Waals surface area (Å²) in [7, 11) is 0. The van der Waals surface area contributed by atoms with Crippen molar-refractivity contribution in [3.63, 3.8) is 0 Å². The first-order chi connectivity index (χ1) is 6.63. The number of nitrogens with two attached hydrogens (primary N) is 1. The van der Waals surface area contributed by atoms with Crippen LogP contribution in [0.1, 0.15) is 25.7 Å². The van der Waals surface area contributed by atoms with Gasteiger partial charge in [-0.1, -0.05) is 0 Å². The van der Waals surface area contributed by atoms with Crippen molar-refractivity contribution in [3.05, 3.63) is 16.3 Å². The fourth-order valence-electron chi connectivity index (χ4n) is 0.994. The number of aliphatic imine (C=N–C) groups is 1. The Balaban J connectivity index is 2.63. The molecule has 78 valence electrons. The average molecular weight is 198 g/mol. The summed E-state index contributed by atoms with van der Waals surface area (Å²) in [6.45, 7) is 4.32. The van der Waals surface area contributed by atoms with Gasteiger partial charge in [0.2, 0.25) is 0 Å². The lowest BCUT2D eigenvalue weighted by atomic mass is 10.3. The predicted octanol–water partition coefficient (Wildman–Crippen LogP) is -0.917. The molecule has 0 radical (unpaired) electrons. The van der Waals surface area contributed by atoms with Gasteiger partial charge in [-0.3, -0.25) is 9.98 Å². The molecule has 1 heterocycles. The minimum absolute atomic E-state index is 0.177. The van der Waals surface area contributed by atoms with Crippen LogP contribution in [-0.2, 0) is 0 Å². The van der Waals surface area contributed by atoms with Crippen LogP contribution >= 0.6 is 0 Å². The molecule has 0 saturated heterocycles. The van der Waals surface area contributed by atoms with E-state index in [4.69, 9.17) is 5.73 Å². The maximum atomic E-state index is 10.7. The number of H-pyrrole nitrogens is 2. The molecule has 7 nitrogen and oxygen atoms in total. The molecule has 0 aliphatic rings. The minimum atomic E-state index is -0.334. The van der Waals surface area contributed by atoms with Gasteiger partial charge < -0.3 is 11.1 Å². The van der Waals surface area contributed by atoms with Crippen LogP contribution in [0.4, 0.5) is 0 Å². The molecule has 14 heavy (non-hydrogen) atoms. The normalized spacial score (nSPS) is 14.0. The van der Waals surface area contributed by atoms with E-state index >= 15 is 0 Å². The van der Waals surface area contributed by atoms with Crippen molar-refractivity contribution in [2.45, 2.75) is 19.9 Å². The number of guanidine groups is 1. The maximum Gasteiger partial charge on any atom is 0.340 e. The summed E-state index contributed by atoms with van der Waals surface area (Å²) in [6.07, 6.45) is 0. The van der Waals surface area contributed by atoms with E-state index in [1.165, 1.54) is 0 Å². The highest BCUT2D eigenvalue weighted by molar-refractivity contribution is 5.78. The van der Waals surface area contributed by atoms with Crippen molar-refractivity contribution in [2.75, 3.05) is 6.54 Å². The Bertz CT molecular complexity index is 364. The zero-order chi connectivity index (χ0) is 10.6. The number of hydrogen-bond acceptors (Lipinski definition) is 3. The van der Waals surface area contributed by atoms with Crippen molar-refractivity contribution in [1.29, 1.82) is 0 Å². The van der Waals surface area contributed by atoms with Gasteiger partial charge in [-0.2, -0.15) is 5.10 Å². The fraction of sp³-hybridized carbons (Fsp3) is 0.571. The zero-order valence-corrected chi connectivity index (χ0v) is 8.16. The summed E-state index contributed by atoms with van der Waals surface area (Å²) in [5.74, 6) is 0.841. The summed E-state index contributed by atoms with van der Waals surface area (Å²) in [4.78, 5) is 17.2. The van der Waals surface area contributed by atoms with Gasteiger partial charge >= 0.3 is 5.69 Å². The molecule has 1 aromatic rings. The summed E-state index contributed by atoms with van der Waals surface area (Å²) >= 11 is 0. The Morgan fingerprint density at radius 2 is 2.50 bits per heavy atom. The van der Waals surface area contributed by atoms with Gasteiger partial charge in [0.15, 0.2) is 11.8 Å². The first-order valence-corrected chi connectivity index (χ1v) is 4.34. The highest BCUT2D eigenvalue weighted by Crippen LogP contribution is 2.01. The van der Waals surface area contributed by atoms with Crippen LogP contribution in [0.25, 0.3) is 0 Å². The Hall–Kier alpha value is -1.79. The van der Waals surface area contributed by atoms with Crippen LogP contribution < -0.4 is 16.7 Å². The molecule has 1 unspecified atom stereocenters. The SMILES string of the molecule is CCN=C(N)NC(C)c1n[nH]c(=O)[nH]1. The molecule has 1 rings (SSSR count). The van der Waals surface area contributed by atoms with Crippen LogP contribution in [-0.4, -0.2) is 27.7 Å². The van der Waals surface area contributed by atoms with Gasteiger partial charge in [-0.25, -0.2) is 9.89 Å². The lowest BCUT2D eigenvalue weighted by Crippen LogP contribution is -2.34. The summed E-state index contributed by atoms with van der Waals surface area (Å²) in [5.41, 5.74) is 5.20. The van der Waals surface area contributed by atoms with E-state index in [9.17, 15) is 4.79 Å². The quantitative estimate of drug-likeness (QED) is 0.372. The van der Waals surface area contributed by atoms with Crippen LogP contribution in [0.5, 0.6) is 0 Å². The molecule has 5 N–H and O–H groups in total. The van der Waals surface area contributed by atoms with Gasteiger partial charge in [0.25, 0.3) is 0 Å². The molecule has 1 aromatic heterocycles. The molecule has 7 heteroatoms. The largest absolute Gasteiger partial charge is 0.370 e. The molecule has 0 amide bonds. The van der Waals surface area contributed by atoms with E-state index in [1.54, 1.807) is 0 Å². The van der Waals surface area contributed by atoms with Crippen molar-refractivity contribution in [1.82, 2.24) is 20.5 Å². The van der Waals surface area contributed by atoms with Crippen LogP contribution in [0.15, 0.2) is 9.79 Å². The summed E-state index contributed by atoms with van der Waals surface area (Å²) in [6, 6.07) is -0.177. The fourth-order valence-corrected chi connectivity index (χ4v) is 0.994. The predicted molar refractivity (Wildman–Crippen MR) is 52.9 cm³/mol. The minimum Gasteiger partial charge on any atom is -0.370 e. The van der Waals surface area contributed by atoms with Crippen LogP contribution in [0.3, 0.4) is 0 Å². The third-order valence-electron chi connectivity index (χ3n) is 1.62. The topological polar surface area (TPSA) is 112 Å². The highest BCUT2D eigenvalue weighted by atomic mass is 16.1. The van der Waals surface area contributed by atoms with Gasteiger partial charge in [0.1, 0.15) is 0 Å². The lowest BCUT2D eigenvalue weighted by Gasteiger charge is -2.10. The van der Waals surface area contributed by atoms with Crippen LogP contribution in [0.2, 0.25) is 0 Å². The molecule has 0 fully saturated rings.